The van der Waals surface area contributed by atoms with Crippen LogP contribution in [0, 0.1) is 0 Å². The Kier molecular flexibility index (Phi) is 1.66. The van der Waals surface area contributed by atoms with E-state index in [1.54, 1.807) is 6.26 Å². The summed E-state index contributed by atoms with van der Waals surface area (Å²) >= 11 is 0. The summed E-state index contributed by atoms with van der Waals surface area (Å²) in [7, 11) is 4.09. The van der Waals surface area contributed by atoms with Gasteiger partial charge in [0.1, 0.15) is 6.26 Å². The van der Waals surface area contributed by atoms with E-state index in [4.69, 9.17) is 4.74 Å². The van der Waals surface area contributed by atoms with Crippen LogP contribution in [-0.2, 0) is 4.74 Å². The highest BCUT2D eigenvalue weighted by atomic mass is 16.5. The Morgan fingerprint density at radius 1 is 1.42 bits per heavy atom. The Bertz CT molecular complexity index is 266. The first-order valence-electron chi connectivity index (χ1n) is 3.95. The molecule has 0 bridgehead atoms. The molecule has 12 heavy (non-hydrogen) atoms. The Morgan fingerprint density at radius 3 is 3.00 bits per heavy atom. The van der Waals surface area contributed by atoms with Crippen molar-refractivity contribution >= 4 is 0 Å². The van der Waals surface area contributed by atoms with Gasteiger partial charge in [-0.15, -0.1) is 0 Å². The molecular weight excluding hydrogens is 152 g/mol. The lowest BCUT2D eigenvalue weighted by molar-refractivity contribution is 0.283. The predicted molar refractivity (Wildman–Crippen MR) is 46.8 cm³/mol. The summed E-state index contributed by atoms with van der Waals surface area (Å²) in [6, 6.07) is 0.344. The lowest BCUT2D eigenvalue weighted by Gasteiger charge is -2.24. The quantitative estimate of drug-likeness (QED) is 0.577. The van der Waals surface area contributed by atoms with Crippen LogP contribution in [0.4, 0.5) is 0 Å². The number of hydrogen-bond donors (Lipinski definition) is 0. The Labute approximate surface area is 72.2 Å². The van der Waals surface area contributed by atoms with Gasteiger partial charge in [-0.1, -0.05) is 0 Å². The minimum atomic E-state index is 0.344. The van der Waals surface area contributed by atoms with Crippen LogP contribution in [0.1, 0.15) is 0 Å². The monoisotopic (exact) mass is 164 g/mol. The number of fused-ring (bicyclic) bond motifs is 1. The zero-order valence-electron chi connectivity index (χ0n) is 7.27. The molecule has 0 saturated carbocycles. The van der Waals surface area contributed by atoms with E-state index >= 15 is 0 Å². The molecule has 2 heterocycles. The highest BCUT2D eigenvalue weighted by Crippen LogP contribution is 2.21. The summed E-state index contributed by atoms with van der Waals surface area (Å²) < 4.78 is 5.27. The molecule has 64 valence electrons. The molecule has 2 aliphatic rings. The van der Waals surface area contributed by atoms with Gasteiger partial charge in [-0.05, 0) is 26.2 Å². The van der Waals surface area contributed by atoms with Crippen molar-refractivity contribution in [2.24, 2.45) is 0 Å². The smallest absolute Gasteiger partial charge is 0.201 e. The molecule has 2 rings (SSSR count). The third kappa shape index (κ3) is 1.12. The van der Waals surface area contributed by atoms with Gasteiger partial charge in [-0.2, -0.15) is 0 Å². The van der Waals surface area contributed by atoms with Crippen molar-refractivity contribution in [1.82, 2.24) is 9.80 Å². The maximum atomic E-state index is 5.27. The Balaban J connectivity index is 2.17. The summed E-state index contributed by atoms with van der Waals surface area (Å²) in [5.74, 6) is 0.899. The molecule has 0 radical (unpaired) electrons. The predicted octanol–water partition coefficient (Wildman–Crippen LogP) is 1.09. The zero-order chi connectivity index (χ0) is 8.55. The molecule has 1 atom stereocenters. The second kappa shape index (κ2) is 2.68. The van der Waals surface area contributed by atoms with Gasteiger partial charge in [-0.3, -0.25) is 9.80 Å². The minimum Gasteiger partial charge on any atom is -0.447 e. The van der Waals surface area contributed by atoms with E-state index < -0.39 is 0 Å². The summed E-state index contributed by atoms with van der Waals surface area (Å²) in [5.41, 5.74) is 0. The third-order valence-corrected chi connectivity index (χ3v) is 2.02. The van der Waals surface area contributed by atoms with E-state index in [0.29, 0.717) is 6.04 Å². The molecule has 0 aromatic carbocycles. The van der Waals surface area contributed by atoms with Gasteiger partial charge in [-0.25, -0.2) is 0 Å². The Morgan fingerprint density at radius 2 is 2.25 bits per heavy atom. The first kappa shape index (κ1) is 7.43. The van der Waals surface area contributed by atoms with Crippen LogP contribution in [-0.4, -0.2) is 29.9 Å². The van der Waals surface area contributed by atoms with Crippen molar-refractivity contribution in [3.63, 3.8) is 0 Å². The molecule has 0 aromatic heterocycles. The van der Waals surface area contributed by atoms with E-state index in [2.05, 4.69) is 17.1 Å². The van der Waals surface area contributed by atoms with E-state index in [9.17, 15) is 0 Å². The van der Waals surface area contributed by atoms with Gasteiger partial charge in [0, 0.05) is 12.4 Å². The van der Waals surface area contributed by atoms with E-state index in [-0.39, 0.29) is 0 Å². The highest BCUT2D eigenvalue weighted by molar-refractivity contribution is 5.21. The van der Waals surface area contributed by atoms with Gasteiger partial charge in [0.2, 0.25) is 5.88 Å². The normalized spacial score (nSPS) is 25.8. The molecule has 0 fully saturated rings. The maximum Gasteiger partial charge on any atom is 0.201 e. The number of ether oxygens (including phenoxy) is 1. The van der Waals surface area contributed by atoms with Crippen molar-refractivity contribution in [2.45, 2.75) is 6.04 Å². The number of likely N-dealkylation sites (N-methyl/N-ethyl adjacent to an activating group) is 1. The van der Waals surface area contributed by atoms with Crippen LogP contribution in [0.5, 0.6) is 0 Å². The van der Waals surface area contributed by atoms with Crippen molar-refractivity contribution < 1.29 is 4.74 Å². The van der Waals surface area contributed by atoms with Crippen molar-refractivity contribution in [3.8, 4) is 0 Å². The fourth-order valence-electron chi connectivity index (χ4n) is 1.25. The molecule has 0 aliphatic carbocycles. The molecule has 0 amide bonds. The van der Waals surface area contributed by atoms with Gasteiger partial charge in [0.05, 0.1) is 6.04 Å². The molecule has 0 aromatic rings. The van der Waals surface area contributed by atoms with Crippen LogP contribution in [0.3, 0.4) is 0 Å². The molecule has 3 nitrogen and oxygen atoms in total. The summed E-state index contributed by atoms with van der Waals surface area (Å²) in [6.45, 7) is 0. The van der Waals surface area contributed by atoms with Crippen LogP contribution in [0.25, 0.3) is 0 Å². The second-order valence-corrected chi connectivity index (χ2v) is 3.11. The van der Waals surface area contributed by atoms with Crippen molar-refractivity contribution in [2.75, 3.05) is 14.1 Å². The topological polar surface area (TPSA) is 15.7 Å². The molecule has 3 heteroatoms. The van der Waals surface area contributed by atoms with Gasteiger partial charge in [0.15, 0.2) is 0 Å². The molecule has 2 aliphatic heterocycles. The van der Waals surface area contributed by atoms with E-state index in [0.717, 1.165) is 5.88 Å². The number of hydrogen-bond acceptors (Lipinski definition) is 3. The molecule has 0 N–H and O–H groups in total. The lowest BCUT2D eigenvalue weighted by atomic mass is 10.2. The highest BCUT2D eigenvalue weighted by Gasteiger charge is 2.18. The Hall–Kier alpha value is -1.22. The van der Waals surface area contributed by atoms with Crippen LogP contribution < -0.4 is 0 Å². The average Bonchev–Trinajstić information content (AvgIpc) is 2.49. The fraction of sp³-hybridized carbons (Fsp3) is 0.333. The largest absolute Gasteiger partial charge is 0.447 e. The van der Waals surface area contributed by atoms with E-state index in [1.807, 2.05) is 31.4 Å². The van der Waals surface area contributed by atoms with Gasteiger partial charge < -0.3 is 4.74 Å². The standard InChI is InChI=1S/C9H12N2O/c1-10(2)8-3-4-11-5-6-12-9(11)7-8/h3-8H,1-2H3. The number of rotatable bonds is 1. The summed E-state index contributed by atoms with van der Waals surface area (Å²) in [6.07, 6.45) is 9.81. The third-order valence-electron chi connectivity index (χ3n) is 2.02. The maximum absolute atomic E-state index is 5.27. The molecule has 0 saturated heterocycles. The van der Waals surface area contributed by atoms with Crippen LogP contribution in [0.2, 0.25) is 0 Å². The van der Waals surface area contributed by atoms with Crippen molar-refractivity contribution in [3.05, 3.63) is 36.7 Å². The van der Waals surface area contributed by atoms with E-state index in [1.165, 1.54) is 0 Å². The second-order valence-electron chi connectivity index (χ2n) is 3.11. The first-order valence-corrected chi connectivity index (χ1v) is 3.95. The molecule has 0 spiro atoms. The summed E-state index contributed by atoms with van der Waals surface area (Å²) in [5, 5.41) is 0. The number of nitrogens with zero attached hydrogens (tertiary/aromatic N) is 2. The van der Waals surface area contributed by atoms with Crippen LogP contribution >= 0.6 is 0 Å². The van der Waals surface area contributed by atoms with Crippen LogP contribution in [0.15, 0.2) is 36.7 Å². The molecular formula is C9H12N2O. The van der Waals surface area contributed by atoms with Crippen molar-refractivity contribution in [1.29, 1.82) is 0 Å². The fourth-order valence-corrected chi connectivity index (χ4v) is 1.25. The van der Waals surface area contributed by atoms with Gasteiger partial charge in [0.25, 0.3) is 0 Å². The first-order chi connectivity index (χ1) is 5.77. The zero-order valence-corrected chi connectivity index (χ0v) is 7.27. The summed E-state index contributed by atoms with van der Waals surface area (Å²) in [4.78, 5) is 4.09. The SMILES string of the molecule is CN(C)C1C=CN2C=COC2=C1. The lowest BCUT2D eigenvalue weighted by Crippen LogP contribution is -2.28. The average molecular weight is 164 g/mol. The van der Waals surface area contributed by atoms with Gasteiger partial charge >= 0.3 is 0 Å². The molecule has 1 unspecified atom stereocenters. The minimum absolute atomic E-state index is 0.344.